The van der Waals surface area contributed by atoms with Crippen LogP contribution in [0.3, 0.4) is 0 Å². The normalized spacial score (nSPS) is 14.5. The molecule has 1 aromatic carbocycles. The van der Waals surface area contributed by atoms with Crippen LogP contribution in [0.1, 0.15) is 0 Å². The van der Waals surface area contributed by atoms with Crippen molar-refractivity contribution in [3.8, 4) is 5.75 Å². The van der Waals surface area contributed by atoms with Crippen LogP contribution in [0.5, 0.6) is 5.75 Å². The minimum atomic E-state index is 0.485. The Kier molecular flexibility index (Phi) is 1.62. The Balaban J connectivity index is 2.50. The summed E-state index contributed by atoms with van der Waals surface area (Å²) >= 11 is 9.92. The molecule has 0 N–H and O–H groups in total. The molecule has 0 aliphatic carbocycles. The van der Waals surface area contributed by atoms with Crippen LogP contribution in [0.2, 0.25) is 5.02 Å². The number of hydrogen-bond acceptors (Lipinski definition) is 3. The fourth-order valence-corrected chi connectivity index (χ4v) is 1.40. The van der Waals surface area contributed by atoms with Gasteiger partial charge in [-0.1, -0.05) is 24.4 Å². The molecular weight excluding hydrogens is 182 g/mol. The first kappa shape index (κ1) is 7.13. The van der Waals surface area contributed by atoms with Gasteiger partial charge >= 0.3 is 0 Å². The molecule has 1 aromatic rings. The lowest BCUT2D eigenvalue weighted by Gasteiger charge is -2.04. The van der Waals surface area contributed by atoms with Gasteiger partial charge in [0.2, 0.25) is 0 Å². The number of hydrogen-bond donors (Lipinski definition) is 1. The van der Waals surface area contributed by atoms with Crippen molar-refractivity contribution in [2.45, 2.75) is 0 Å². The van der Waals surface area contributed by atoms with Gasteiger partial charge in [0.1, 0.15) is 5.75 Å². The zero-order valence-corrected chi connectivity index (χ0v) is 7.27. The summed E-state index contributed by atoms with van der Waals surface area (Å²) in [5, 5.41) is 0.687. The van der Waals surface area contributed by atoms with Gasteiger partial charge < -0.3 is 4.74 Å². The van der Waals surface area contributed by atoms with Crippen molar-refractivity contribution in [1.29, 1.82) is 0 Å². The zero-order valence-electron chi connectivity index (χ0n) is 5.62. The molecule has 0 unspecified atom stereocenters. The van der Waals surface area contributed by atoms with Gasteiger partial charge in [-0.3, -0.25) is 4.31 Å². The number of anilines is 1. The van der Waals surface area contributed by atoms with E-state index in [1.807, 2.05) is 12.1 Å². The summed E-state index contributed by atoms with van der Waals surface area (Å²) in [6.07, 6.45) is 0. The Labute approximate surface area is 75.3 Å². The number of halogens is 1. The second kappa shape index (κ2) is 2.50. The molecule has 0 atom stereocenters. The standard InChI is InChI=1S/C7H6ClNOS/c8-5-1-2-6-7(3-5)10-4-9(6)11/h1-3,11H,4H2. The summed E-state index contributed by atoms with van der Waals surface area (Å²) in [6, 6.07) is 5.49. The molecule has 2 rings (SSSR count). The van der Waals surface area contributed by atoms with Crippen LogP contribution in [0.25, 0.3) is 0 Å². The predicted octanol–water partition coefficient (Wildman–Crippen LogP) is 2.34. The molecule has 2 nitrogen and oxygen atoms in total. The molecule has 1 aliphatic heterocycles. The highest BCUT2D eigenvalue weighted by atomic mass is 35.5. The number of nitrogens with zero attached hydrogens (tertiary/aromatic N) is 1. The molecule has 0 saturated heterocycles. The van der Waals surface area contributed by atoms with Crippen molar-refractivity contribution in [3.63, 3.8) is 0 Å². The van der Waals surface area contributed by atoms with E-state index in [9.17, 15) is 0 Å². The number of fused-ring (bicyclic) bond motifs is 1. The smallest absolute Gasteiger partial charge is 0.171 e. The van der Waals surface area contributed by atoms with Crippen LogP contribution in [0, 0.1) is 0 Å². The molecule has 0 fully saturated rings. The summed E-state index contributed by atoms with van der Waals surface area (Å²) in [5.74, 6) is 0.799. The van der Waals surface area contributed by atoms with Crippen molar-refractivity contribution >= 4 is 30.1 Å². The third-order valence-corrected chi connectivity index (χ3v) is 2.11. The molecule has 1 aliphatic rings. The average molecular weight is 188 g/mol. The topological polar surface area (TPSA) is 12.5 Å². The Morgan fingerprint density at radius 1 is 1.55 bits per heavy atom. The summed E-state index contributed by atoms with van der Waals surface area (Å²) in [6.45, 7) is 0.485. The highest BCUT2D eigenvalue weighted by molar-refractivity contribution is 7.81. The van der Waals surface area contributed by atoms with Gasteiger partial charge in [-0.05, 0) is 12.1 Å². The van der Waals surface area contributed by atoms with Gasteiger partial charge in [-0.15, -0.1) is 0 Å². The van der Waals surface area contributed by atoms with Crippen LogP contribution < -0.4 is 9.04 Å². The van der Waals surface area contributed by atoms with Crippen LogP contribution in [-0.2, 0) is 0 Å². The second-order valence-corrected chi connectivity index (χ2v) is 3.20. The van der Waals surface area contributed by atoms with Crippen LogP contribution in [-0.4, -0.2) is 6.73 Å². The van der Waals surface area contributed by atoms with Gasteiger partial charge in [-0.25, -0.2) is 0 Å². The number of rotatable bonds is 0. The van der Waals surface area contributed by atoms with E-state index >= 15 is 0 Å². The molecular formula is C7H6ClNOS. The van der Waals surface area contributed by atoms with Crippen LogP contribution >= 0.6 is 24.4 Å². The maximum atomic E-state index is 5.75. The number of thiol groups is 1. The summed E-state index contributed by atoms with van der Waals surface area (Å²) in [7, 11) is 0. The molecule has 1 heterocycles. The third kappa shape index (κ3) is 1.14. The van der Waals surface area contributed by atoms with Crippen molar-refractivity contribution in [1.82, 2.24) is 0 Å². The minimum Gasteiger partial charge on any atom is -0.470 e. The van der Waals surface area contributed by atoms with E-state index in [0.717, 1.165) is 11.4 Å². The molecule has 0 amide bonds. The maximum absolute atomic E-state index is 5.75. The molecule has 11 heavy (non-hydrogen) atoms. The zero-order chi connectivity index (χ0) is 7.84. The Morgan fingerprint density at radius 3 is 3.18 bits per heavy atom. The van der Waals surface area contributed by atoms with Crippen molar-refractivity contribution in [2.24, 2.45) is 0 Å². The van der Waals surface area contributed by atoms with E-state index < -0.39 is 0 Å². The van der Waals surface area contributed by atoms with Crippen molar-refractivity contribution in [2.75, 3.05) is 11.0 Å². The molecule has 0 radical (unpaired) electrons. The number of ether oxygens (including phenoxy) is 1. The molecule has 4 heteroatoms. The third-order valence-electron chi connectivity index (χ3n) is 1.54. The van der Waals surface area contributed by atoms with E-state index in [0.29, 0.717) is 11.8 Å². The molecule has 0 spiro atoms. The first-order valence-corrected chi connectivity index (χ1v) is 3.94. The Hall–Kier alpha value is -0.540. The van der Waals surface area contributed by atoms with Crippen LogP contribution in [0.15, 0.2) is 18.2 Å². The Bertz CT molecular complexity index is 292. The number of benzene rings is 1. The van der Waals surface area contributed by atoms with E-state index in [-0.39, 0.29) is 0 Å². The van der Waals surface area contributed by atoms with Gasteiger partial charge in [-0.2, -0.15) is 0 Å². The summed E-state index contributed by atoms with van der Waals surface area (Å²) < 4.78 is 6.98. The maximum Gasteiger partial charge on any atom is 0.171 e. The average Bonchev–Trinajstić information content (AvgIpc) is 2.32. The largest absolute Gasteiger partial charge is 0.470 e. The first-order valence-electron chi connectivity index (χ1n) is 3.16. The summed E-state index contributed by atoms with van der Waals surface area (Å²) in [5.41, 5.74) is 0.970. The van der Waals surface area contributed by atoms with E-state index in [4.69, 9.17) is 16.3 Å². The van der Waals surface area contributed by atoms with E-state index in [2.05, 4.69) is 12.8 Å². The predicted molar refractivity (Wildman–Crippen MR) is 48.4 cm³/mol. The van der Waals surface area contributed by atoms with E-state index in [1.165, 1.54) is 0 Å². The lowest BCUT2D eigenvalue weighted by molar-refractivity contribution is 0.364. The fraction of sp³-hybridized carbons (Fsp3) is 0.143. The quantitative estimate of drug-likeness (QED) is 0.626. The fourth-order valence-electron chi connectivity index (χ4n) is 1.02. The lowest BCUT2D eigenvalue weighted by atomic mass is 10.3. The van der Waals surface area contributed by atoms with Gasteiger partial charge in [0, 0.05) is 11.1 Å². The molecule has 0 bridgehead atoms. The van der Waals surface area contributed by atoms with Gasteiger partial charge in [0.05, 0.1) is 5.69 Å². The van der Waals surface area contributed by atoms with Gasteiger partial charge in [0.25, 0.3) is 0 Å². The molecule has 0 saturated carbocycles. The second-order valence-electron chi connectivity index (χ2n) is 2.29. The van der Waals surface area contributed by atoms with Crippen molar-refractivity contribution in [3.05, 3.63) is 23.2 Å². The SMILES string of the molecule is SN1COc2cc(Cl)ccc21. The summed E-state index contributed by atoms with van der Waals surface area (Å²) in [4.78, 5) is 0. The molecule has 0 aromatic heterocycles. The highest BCUT2D eigenvalue weighted by Crippen LogP contribution is 2.36. The molecule has 58 valence electrons. The van der Waals surface area contributed by atoms with Crippen LogP contribution in [0.4, 0.5) is 5.69 Å². The van der Waals surface area contributed by atoms with Gasteiger partial charge in [0.15, 0.2) is 6.73 Å². The first-order chi connectivity index (χ1) is 5.27. The lowest BCUT2D eigenvalue weighted by Crippen LogP contribution is -2.07. The van der Waals surface area contributed by atoms with Crippen molar-refractivity contribution < 1.29 is 4.74 Å². The Morgan fingerprint density at radius 2 is 2.36 bits per heavy atom. The highest BCUT2D eigenvalue weighted by Gasteiger charge is 2.17. The monoisotopic (exact) mass is 187 g/mol. The minimum absolute atomic E-state index is 0.485. The van der Waals surface area contributed by atoms with E-state index in [1.54, 1.807) is 10.4 Å².